The number of anilines is 3. The lowest BCUT2D eigenvalue weighted by molar-refractivity contribution is -0.0399. The number of hydrogen-bond acceptors (Lipinski definition) is 2. The number of nitrogens with zero attached hydrogens (tertiary/aromatic N) is 1. The van der Waals surface area contributed by atoms with Crippen LogP contribution in [0.4, 0.5) is 17.1 Å². The predicted octanol–water partition coefficient (Wildman–Crippen LogP) is 12.9. The van der Waals surface area contributed by atoms with E-state index < -0.39 is 0 Å². The van der Waals surface area contributed by atoms with Crippen LogP contribution >= 0.6 is 11.3 Å². The fourth-order valence-corrected chi connectivity index (χ4v) is 12.1. The van der Waals surface area contributed by atoms with Crippen LogP contribution in [0.1, 0.15) is 43.2 Å². The van der Waals surface area contributed by atoms with Crippen molar-refractivity contribution in [2.24, 2.45) is 23.7 Å². The molecule has 4 fully saturated rings. The summed E-state index contributed by atoms with van der Waals surface area (Å²) < 4.78 is 2.68. The molecule has 1 spiro atoms. The molecule has 0 N–H and O–H groups in total. The summed E-state index contributed by atoms with van der Waals surface area (Å²) in [5, 5.41) is 2.67. The molecule has 48 heavy (non-hydrogen) atoms. The lowest BCUT2D eigenvalue weighted by Crippen LogP contribution is -2.55. The highest BCUT2D eigenvalue weighted by Gasteiger charge is 2.61. The second-order valence-corrected chi connectivity index (χ2v) is 16.1. The normalized spacial score (nSPS) is 24.8. The third-order valence-corrected chi connectivity index (χ3v) is 13.8. The summed E-state index contributed by atoms with van der Waals surface area (Å²) in [6, 6.07) is 52.8. The Balaban J connectivity index is 1.10. The Labute approximate surface area is 286 Å². The van der Waals surface area contributed by atoms with E-state index in [9.17, 15) is 0 Å². The molecule has 4 bridgehead atoms. The van der Waals surface area contributed by atoms with Gasteiger partial charge in [0.1, 0.15) is 0 Å². The van der Waals surface area contributed by atoms with E-state index in [0.29, 0.717) is 0 Å². The van der Waals surface area contributed by atoms with E-state index in [1.54, 1.807) is 11.1 Å². The van der Waals surface area contributed by atoms with Crippen LogP contribution in [0.2, 0.25) is 0 Å². The van der Waals surface area contributed by atoms with Crippen molar-refractivity contribution in [3.63, 3.8) is 0 Å². The van der Waals surface area contributed by atoms with E-state index in [2.05, 4.69) is 144 Å². The average molecular weight is 636 g/mol. The van der Waals surface area contributed by atoms with Crippen molar-refractivity contribution in [2.45, 2.75) is 37.5 Å². The molecule has 0 saturated heterocycles. The van der Waals surface area contributed by atoms with Gasteiger partial charge in [0.2, 0.25) is 0 Å². The summed E-state index contributed by atoms with van der Waals surface area (Å²) >= 11 is 1.89. The van der Waals surface area contributed by atoms with Gasteiger partial charge in [-0.1, -0.05) is 91.0 Å². The van der Waals surface area contributed by atoms with Crippen molar-refractivity contribution < 1.29 is 0 Å². The minimum absolute atomic E-state index is 0.189. The van der Waals surface area contributed by atoms with E-state index in [1.165, 1.54) is 91.6 Å². The van der Waals surface area contributed by atoms with Gasteiger partial charge in [-0.3, -0.25) is 0 Å². The molecule has 12 rings (SSSR count). The van der Waals surface area contributed by atoms with Gasteiger partial charge in [0.15, 0.2) is 0 Å². The summed E-state index contributed by atoms with van der Waals surface area (Å²) in [6.45, 7) is 0. The molecule has 0 unspecified atom stereocenters. The molecule has 0 atom stereocenters. The molecule has 1 heterocycles. The van der Waals surface area contributed by atoms with Crippen LogP contribution in [0, 0.1) is 23.7 Å². The predicted molar refractivity (Wildman–Crippen MR) is 203 cm³/mol. The zero-order valence-corrected chi connectivity index (χ0v) is 27.8. The zero-order valence-electron chi connectivity index (χ0n) is 27.0. The maximum atomic E-state index is 2.55. The summed E-state index contributed by atoms with van der Waals surface area (Å²) in [7, 11) is 0. The second-order valence-electron chi connectivity index (χ2n) is 15.0. The third-order valence-electron chi connectivity index (χ3n) is 12.6. The third kappa shape index (κ3) is 3.78. The van der Waals surface area contributed by atoms with Crippen molar-refractivity contribution in [2.75, 3.05) is 4.90 Å². The Hall–Kier alpha value is -4.66. The first kappa shape index (κ1) is 27.3. The molecule has 1 nitrogen and oxygen atoms in total. The molecule has 0 aliphatic heterocycles. The quantitative estimate of drug-likeness (QED) is 0.186. The van der Waals surface area contributed by atoms with Crippen LogP contribution in [-0.4, -0.2) is 0 Å². The van der Waals surface area contributed by atoms with Gasteiger partial charge in [-0.05, 0) is 138 Å². The maximum Gasteiger partial charge on any atom is 0.0468 e. The zero-order chi connectivity index (χ0) is 31.4. The number of rotatable bonds is 4. The van der Waals surface area contributed by atoms with Gasteiger partial charge in [0.05, 0.1) is 0 Å². The highest BCUT2D eigenvalue weighted by atomic mass is 32.1. The van der Waals surface area contributed by atoms with E-state index in [1.807, 2.05) is 11.3 Å². The highest BCUT2D eigenvalue weighted by molar-refractivity contribution is 7.25. The van der Waals surface area contributed by atoms with E-state index in [-0.39, 0.29) is 5.41 Å². The number of hydrogen-bond donors (Lipinski definition) is 0. The molecule has 2 heteroatoms. The van der Waals surface area contributed by atoms with Crippen molar-refractivity contribution >= 4 is 48.6 Å². The van der Waals surface area contributed by atoms with Crippen LogP contribution in [0.3, 0.4) is 0 Å². The summed E-state index contributed by atoms with van der Waals surface area (Å²) in [6.07, 6.45) is 7.14. The Kier molecular flexibility index (Phi) is 5.79. The Morgan fingerprint density at radius 3 is 1.88 bits per heavy atom. The van der Waals surface area contributed by atoms with Gasteiger partial charge in [-0.25, -0.2) is 0 Å². The lowest BCUT2D eigenvalue weighted by atomic mass is 9.43. The molecular formula is C46H37NS. The summed E-state index contributed by atoms with van der Waals surface area (Å²) in [5.74, 6) is 3.45. The van der Waals surface area contributed by atoms with Crippen molar-refractivity contribution in [1.29, 1.82) is 0 Å². The number of thiophene rings is 1. The second kappa shape index (κ2) is 10.2. The summed E-state index contributed by atoms with van der Waals surface area (Å²) in [5.41, 5.74) is 12.5. The van der Waals surface area contributed by atoms with Gasteiger partial charge in [-0.2, -0.15) is 0 Å². The van der Waals surface area contributed by atoms with Gasteiger partial charge < -0.3 is 4.90 Å². The van der Waals surface area contributed by atoms with Crippen LogP contribution in [0.25, 0.3) is 42.4 Å². The largest absolute Gasteiger partial charge is 0.310 e. The van der Waals surface area contributed by atoms with Crippen LogP contribution in [0.5, 0.6) is 0 Å². The Bertz CT molecular complexity index is 2340. The van der Waals surface area contributed by atoms with Gasteiger partial charge >= 0.3 is 0 Å². The Morgan fingerprint density at radius 1 is 0.458 bits per heavy atom. The van der Waals surface area contributed by atoms with Gasteiger partial charge in [0, 0.05) is 42.6 Å². The molecule has 0 amide bonds. The van der Waals surface area contributed by atoms with Crippen molar-refractivity contribution in [3.8, 4) is 22.3 Å². The van der Waals surface area contributed by atoms with Crippen molar-refractivity contribution in [1.82, 2.24) is 0 Å². The molecule has 7 aromatic rings. The molecule has 6 aromatic carbocycles. The fraction of sp³-hybridized carbons (Fsp3) is 0.217. The SMILES string of the molecule is c1ccc(-c2ccc(N(c3ccc4c(c3)-c3ccccc3C43C4CC5CC(C4)CC3C5)c3ccc4sc5ccccc5c4c3)cc2)cc1. The standard InChI is InChI=1S/C46H37NS/c1-2-8-31(9-3-1)32-14-16-35(17-15-32)47(37-19-21-45-41(28-37)39-11-5-7-13-44(39)48-45)36-18-20-43-40(27-36)38-10-4-6-12-42(38)46(43)33-23-29-22-30(25-33)26-34(46)24-29/h1-21,27-30,33-34H,22-26H2. The average Bonchev–Trinajstić information content (AvgIpc) is 3.65. The molecule has 4 saturated carbocycles. The fourth-order valence-electron chi connectivity index (χ4n) is 11.0. The van der Waals surface area contributed by atoms with E-state index in [4.69, 9.17) is 0 Å². The first-order valence-corrected chi connectivity index (χ1v) is 18.7. The number of fused-ring (bicyclic) bond motifs is 6. The van der Waals surface area contributed by atoms with Gasteiger partial charge in [-0.15, -0.1) is 11.3 Å². The lowest BCUT2D eigenvalue weighted by Gasteiger charge is -2.61. The molecule has 5 aliphatic carbocycles. The van der Waals surface area contributed by atoms with Crippen LogP contribution in [-0.2, 0) is 5.41 Å². The minimum atomic E-state index is 0.189. The Morgan fingerprint density at radius 2 is 1.06 bits per heavy atom. The highest BCUT2D eigenvalue weighted by Crippen LogP contribution is 2.69. The monoisotopic (exact) mass is 635 g/mol. The number of benzene rings is 6. The van der Waals surface area contributed by atoms with Crippen LogP contribution in [0.15, 0.2) is 140 Å². The van der Waals surface area contributed by atoms with Gasteiger partial charge in [0.25, 0.3) is 0 Å². The summed E-state index contributed by atoms with van der Waals surface area (Å²) in [4.78, 5) is 2.49. The smallest absolute Gasteiger partial charge is 0.0468 e. The molecule has 232 valence electrons. The maximum absolute atomic E-state index is 2.55. The molecular weight excluding hydrogens is 599 g/mol. The van der Waals surface area contributed by atoms with Crippen LogP contribution < -0.4 is 4.90 Å². The first-order valence-electron chi connectivity index (χ1n) is 17.9. The molecule has 5 aliphatic rings. The first-order chi connectivity index (χ1) is 23.7. The minimum Gasteiger partial charge on any atom is -0.310 e. The van der Waals surface area contributed by atoms with E-state index in [0.717, 1.165) is 23.7 Å². The molecule has 0 radical (unpaired) electrons. The molecule has 1 aromatic heterocycles. The van der Waals surface area contributed by atoms with Crippen molar-refractivity contribution in [3.05, 3.63) is 151 Å². The van der Waals surface area contributed by atoms with E-state index >= 15 is 0 Å². The topological polar surface area (TPSA) is 3.24 Å².